The van der Waals surface area contributed by atoms with Gasteiger partial charge in [-0.3, -0.25) is 38.6 Å². The number of carbonyl (C=O) groups excluding carboxylic acids is 6. The largest absolute Gasteiger partial charge is 0.507 e. The summed E-state index contributed by atoms with van der Waals surface area (Å²) in [6.07, 6.45) is -2.94. The van der Waals surface area contributed by atoms with Crippen molar-refractivity contribution in [3.8, 4) is 17.2 Å². The summed E-state index contributed by atoms with van der Waals surface area (Å²) < 4.78 is 36.7. The highest BCUT2D eigenvalue weighted by Crippen LogP contribution is 2.53. The fraction of sp³-hybridized carbons (Fsp3) is 0.609. The van der Waals surface area contributed by atoms with Gasteiger partial charge in [0.2, 0.25) is 17.6 Å². The Bertz CT molecular complexity index is 2290. The Labute approximate surface area is 368 Å². The Morgan fingerprint density at radius 2 is 1.70 bits per heavy atom. The molecule has 4 heterocycles. The van der Waals surface area contributed by atoms with Crippen molar-refractivity contribution in [3.63, 3.8) is 0 Å². The molecular formula is C46H54N2O16. The standard InChI is InChI=1S/C46H54N2O16/c1-20(50)23-10-8-22(9-11-23)17-47-32(52)13-24(43(47)57)12-25-19-61-45(60-4)44-48(25)28-14-33(62-21(2)42(28)64-44)63-30-16-46(58,31(51)18-49)15-27-35(30)41(56)37-36(39(27)54)38(53)26-6-5-7-29(59-3)34(26)40(37)55/h5-7,21-25,28,30,33,42,44-45,49,54,56,58H,8-19H2,1-4H3/t21-,22?,23?,24?,25?,28-,30-,33-,42+,44+,45-,46-/m0/s1. The van der Waals surface area contributed by atoms with E-state index in [1.165, 1.54) is 37.3 Å². The number of aliphatic hydroxyl groups is 2. The van der Waals surface area contributed by atoms with Crippen LogP contribution in [-0.2, 0) is 49.3 Å². The molecule has 0 radical (unpaired) electrons. The van der Waals surface area contributed by atoms with Gasteiger partial charge in [0.05, 0.1) is 42.6 Å². The molecule has 2 aromatic carbocycles. The molecule has 18 heteroatoms. The highest BCUT2D eigenvalue weighted by atomic mass is 16.7. The van der Waals surface area contributed by atoms with Crippen molar-refractivity contribution in [2.75, 3.05) is 34.0 Å². The lowest BCUT2D eigenvalue weighted by molar-refractivity contribution is -0.263. The fourth-order valence-electron chi connectivity index (χ4n) is 11.5. The maximum absolute atomic E-state index is 14.2. The molecule has 0 bridgehead atoms. The average molecular weight is 891 g/mol. The molecule has 0 spiro atoms. The van der Waals surface area contributed by atoms with Crippen molar-refractivity contribution in [3.05, 3.63) is 51.6 Å². The second-order valence-electron chi connectivity index (χ2n) is 18.4. The van der Waals surface area contributed by atoms with E-state index < -0.39 is 120 Å². The van der Waals surface area contributed by atoms with Crippen LogP contribution in [0.3, 0.4) is 0 Å². The molecule has 2 unspecified atom stereocenters. The number of likely N-dealkylation sites (tertiary alicyclic amines) is 1. The predicted octanol–water partition coefficient (Wildman–Crippen LogP) is 2.24. The first-order chi connectivity index (χ1) is 30.6. The van der Waals surface area contributed by atoms with Crippen molar-refractivity contribution in [1.82, 2.24) is 9.80 Å². The summed E-state index contributed by atoms with van der Waals surface area (Å²) in [5, 5.41) is 45.6. The number of benzene rings is 2. The van der Waals surface area contributed by atoms with Gasteiger partial charge >= 0.3 is 0 Å². The zero-order valence-electron chi connectivity index (χ0n) is 36.2. The molecule has 4 aliphatic heterocycles. The Morgan fingerprint density at radius 1 is 0.969 bits per heavy atom. The molecule has 344 valence electrons. The van der Waals surface area contributed by atoms with E-state index in [4.69, 9.17) is 28.4 Å². The topological polar surface area (TPSA) is 245 Å². The van der Waals surface area contributed by atoms with Crippen molar-refractivity contribution in [2.24, 2.45) is 17.8 Å². The number of morpholine rings is 1. The SMILES string of the molecule is COc1cccc2c1C(=O)c1c(O)c3c(c(O)c1C2=O)C[C@@](O)(C(=O)CO)C[C@@H]3O[C@H]1C[C@H]2[C@H](O[C@@H]3[C@@H](OC)OCC(CC4CC(=O)N(CC5CCC(C(C)=O)CC5)C4=O)N32)[C@H](C)O1. The summed E-state index contributed by atoms with van der Waals surface area (Å²) in [7, 11) is 2.82. The van der Waals surface area contributed by atoms with Crippen LogP contribution in [0.4, 0.5) is 0 Å². The summed E-state index contributed by atoms with van der Waals surface area (Å²) in [5.74, 6) is -4.66. The molecule has 10 atom stereocenters. The number of ether oxygens (including phenoxy) is 6. The quantitative estimate of drug-likeness (QED) is 0.159. The van der Waals surface area contributed by atoms with Crippen LogP contribution in [0.25, 0.3) is 0 Å². The van der Waals surface area contributed by atoms with E-state index in [9.17, 15) is 49.2 Å². The first-order valence-corrected chi connectivity index (χ1v) is 22.0. The van der Waals surface area contributed by atoms with Crippen LogP contribution in [0.1, 0.15) is 114 Å². The number of Topliss-reactive ketones (excluding diaryl/α,β-unsaturated/α-hetero) is 2. The number of nitrogens with zero attached hydrogens (tertiary/aromatic N) is 2. The van der Waals surface area contributed by atoms with Gasteiger partial charge in [-0.15, -0.1) is 0 Å². The maximum Gasteiger partial charge on any atom is 0.232 e. The molecule has 7 aliphatic rings. The third-order valence-electron chi connectivity index (χ3n) is 14.8. The number of rotatable bonds is 11. The number of fused-ring (bicyclic) bond motifs is 6. The first-order valence-electron chi connectivity index (χ1n) is 22.0. The van der Waals surface area contributed by atoms with E-state index in [-0.39, 0.29) is 83.3 Å². The average Bonchev–Trinajstić information content (AvgIpc) is 3.79. The molecule has 9 rings (SSSR count). The van der Waals surface area contributed by atoms with Crippen molar-refractivity contribution in [2.45, 2.75) is 126 Å². The minimum atomic E-state index is -2.33. The van der Waals surface area contributed by atoms with Crippen LogP contribution in [0.2, 0.25) is 0 Å². The maximum atomic E-state index is 14.2. The Morgan fingerprint density at radius 3 is 2.39 bits per heavy atom. The summed E-state index contributed by atoms with van der Waals surface area (Å²) >= 11 is 0. The van der Waals surface area contributed by atoms with Gasteiger partial charge in [-0.1, -0.05) is 12.1 Å². The molecule has 2 aromatic rings. The van der Waals surface area contributed by atoms with E-state index in [0.29, 0.717) is 6.54 Å². The molecule has 2 amide bonds. The zero-order valence-corrected chi connectivity index (χ0v) is 36.2. The molecule has 5 fully saturated rings. The van der Waals surface area contributed by atoms with Gasteiger partial charge in [0, 0.05) is 79.9 Å². The van der Waals surface area contributed by atoms with Crippen LogP contribution in [0.5, 0.6) is 17.2 Å². The number of phenols is 2. The smallest absolute Gasteiger partial charge is 0.232 e. The summed E-state index contributed by atoms with van der Waals surface area (Å²) in [5.41, 5.74) is -3.84. The highest BCUT2D eigenvalue weighted by Gasteiger charge is 2.58. The van der Waals surface area contributed by atoms with E-state index in [2.05, 4.69) is 4.90 Å². The highest BCUT2D eigenvalue weighted by molar-refractivity contribution is 6.31. The Kier molecular flexibility index (Phi) is 11.8. The predicted molar refractivity (Wildman–Crippen MR) is 218 cm³/mol. The number of imide groups is 1. The summed E-state index contributed by atoms with van der Waals surface area (Å²) in [6.45, 7) is 2.80. The van der Waals surface area contributed by atoms with E-state index in [1.54, 1.807) is 13.8 Å². The van der Waals surface area contributed by atoms with Crippen LogP contribution in [0, 0.1) is 17.8 Å². The van der Waals surface area contributed by atoms with E-state index >= 15 is 0 Å². The Balaban J connectivity index is 0.992. The van der Waals surface area contributed by atoms with Crippen LogP contribution >= 0.6 is 0 Å². The number of amides is 2. The van der Waals surface area contributed by atoms with Crippen molar-refractivity contribution >= 4 is 34.9 Å². The molecular weight excluding hydrogens is 837 g/mol. The van der Waals surface area contributed by atoms with Gasteiger partial charge in [-0.2, -0.15) is 0 Å². The van der Waals surface area contributed by atoms with Gasteiger partial charge in [0.1, 0.15) is 41.3 Å². The third-order valence-corrected chi connectivity index (χ3v) is 14.8. The number of carbonyl (C=O) groups is 6. The van der Waals surface area contributed by atoms with Crippen LogP contribution < -0.4 is 4.74 Å². The second kappa shape index (κ2) is 17.0. The normalized spacial score (nSPS) is 34.8. The molecule has 4 saturated heterocycles. The minimum absolute atomic E-state index is 0.0259. The van der Waals surface area contributed by atoms with Gasteiger partial charge < -0.3 is 48.8 Å². The molecule has 4 N–H and O–H groups in total. The van der Waals surface area contributed by atoms with Gasteiger partial charge in [-0.25, -0.2) is 0 Å². The van der Waals surface area contributed by atoms with Crippen molar-refractivity contribution < 1.29 is 77.6 Å². The second-order valence-corrected chi connectivity index (χ2v) is 18.4. The fourth-order valence-corrected chi connectivity index (χ4v) is 11.5. The number of methoxy groups -OCH3 is 2. The number of phenolic OH excluding ortho intramolecular Hbond substituents is 2. The lowest BCUT2D eigenvalue weighted by Gasteiger charge is -2.46. The number of hydrogen-bond donors (Lipinski definition) is 4. The zero-order chi connectivity index (χ0) is 45.5. The van der Waals surface area contributed by atoms with Gasteiger partial charge in [-0.05, 0) is 57.9 Å². The van der Waals surface area contributed by atoms with E-state index in [0.717, 1.165) is 25.7 Å². The molecule has 64 heavy (non-hydrogen) atoms. The molecule has 1 saturated carbocycles. The van der Waals surface area contributed by atoms with Crippen LogP contribution in [0.15, 0.2) is 18.2 Å². The lowest BCUT2D eigenvalue weighted by Crippen LogP contribution is -2.60. The number of aliphatic hydroxyl groups excluding tert-OH is 1. The Hall–Kier alpha value is -4.66. The van der Waals surface area contributed by atoms with Crippen LogP contribution in [-0.4, -0.2) is 148 Å². The summed E-state index contributed by atoms with van der Waals surface area (Å²) in [6, 6.07) is 3.52. The lowest BCUT2D eigenvalue weighted by atomic mass is 9.72. The summed E-state index contributed by atoms with van der Waals surface area (Å²) in [4.78, 5) is 83.9. The minimum Gasteiger partial charge on any atom is -0.507 e. The monoisotopic (exact) mass is 890 g/mol. The number of hydrogen-bond acceptors (Lipinski definition) is 17. The number of aromatic hydroxyl groups is 2. The number of ketones is 4. The van der Waals surface area contributed by atoms with Crippen molar-refractivity contribution in [1.29, 1.82) is 0 Å². The van der Waals surface area contributed by atoms with E-state index in [1.807, 2.05) is 0 Å². The molecule has 3 aliphatic carbocycles. The third kappa shape index (κ3) is 7.26. The van der Waals surface area contributed by atoms with Gasteiger partial charge in [0.25, 0.3) is 0 Å². The first kappa shape index (κ1) is 44.5. The molecule has 0 aromatic heterocycles. The van der Waals surface area contributed by atoms with Gasteiger partial charge in [0.15, 0.2) is 30.4 Å². The molecule has 18 nitrogen and oxygen atoms in total.